The lowest BCUT2D eigenvalue weighted by Crippen LogP contribution is -2.51. The first-order valence-corrected chi connectivity index (χ1v) is 17.9. The van der Waals surface area contributed by atoms with Crippen molar-refractivity contribution in [3.63, 3.8) is 0 Å². The highest BCUT2D eigenvalue weighted by Crippen LogP contribution is 2.33. The molecule has 2 aromatic carbocycles. The third kappa shape index (κ3) is 11.7. The number of benzene rings is 2. The fourth-order valence-electron chi connectivity index (χ4n) is 5.37. The summed E-state index contributed by atoms with van der Waals surface area (Å²) in [5, 5.41) is 11.3. The Bertz CT molecular complexity index is 1330. The number of carbonyl (C=O) groups excluding carboxylic acids is 5. The molecule has 6 N–H and O–H groups in total. The van der Waals surface area contributed by atoms with Gasteiger partial charge in [-0.15, -0.1) is 0 Å². The fraction of sp³-hybridized carbons (Fsp3) is 0.500. The molecule has 0 fully saturated rings. The first-order chi connectivity index (χ1) is 21.6. The summed E-state index contributed by atoms with van der Waals surface area (Å²) in [5.41, 5.74) is 6.65. The van der Waals surface area contributed by atoms with E-state index in [1.54, 1.807) is 0 Å². The van der Waals surface area contributed by atoms with E-state index >= 15 is 4.11 Å². The SMILES string of the molecule is CC(C)[C@H](NC(=O)CCc1cccc([Si]([18F])(C(C)C)C(C)C)c1)C(=O)NCCC(=O)N[C@@H](Cc1ccccc1)C(=O)NCC(N)=O. The Hall–Kier alpha value is -4.06. The zero-order valence-corrected chi connectivity index (χ0v) is 28.8. The summed E-state index contributed by atoms with van der Waals surface area (Å²) in [6, 6.07) is 14.8. The van der Waals surface area contributed by atoms with Gasteiger partial charge < -0.3 is 31.1 Å². The molecular weight excluding hydrogens is 604 g/mol. The Labute approximate surface area is 273 Å². The summed E-state index contributed by atoms with van der Waals surface area (Å²) in [4.78, 5) is 62.3. The minimum atomic E-state index is -3.20. The highest BCUT2D eigenvalue weighted by Gasteiger charge is 2.43. The van der Waals surface area contributed by atoms with Gasteiger partial charge in [0.1, 0.15) is 12.1 Å². The quantitative estimate of drug-likeness (QED) is 0.123. The second kappa shape index (κ2) is 18.2. The lowest BCUT2D eigenvalue weighted by Gasteiger charge is -2.31. The van der Waals surface area contributed by atoms with E-state index in [0.717, 1.165) is 16.3 Å². The van der Waals surface area contributed by atoms with Gasteiger partial charge in [0, 0.05) is 25.8 Å². The number of carbonyl (C=O) groups is 5. The van der Waals surface area contributed by atoms with Crippen LogP contribution in [0.5, 0.6) is 0 Å². The van der Waals surface area contributed by atoms with Gasteiger partial charge in [-0.3, -0.25) is 24.0 Å². The standard InChI is InChI=1S/C34H50FN5O5Si/c1-22(2)32(40-30(42)16-15-26-13-10-14-27(19-26)46(35,23(3)4)24(5)6)34(45)37-18-17-31(43)39-28(33(44)38-21-29(36)41)20-25-11-8-7-9-12-25/h7-14,19,22-24,28,32H,15-18,20-21H2,1-6H3,(H2,36,41)(H,37,45)(H,38,44)(H,39,43)(H,40,42)/t28-,32-/m0/s1/i35-1. The number of rotatable bonds is 18. The van der Waals surface area contributed by atoms with Crippen LogP contribution in [-0.4, -0.2) is 63.1 Å². The Morgan fingerprint density at radius 2 is 1.37 bits per heavy atom. The molecule has 0 saturated carbocycles. The molecule has 2 rings (SSSR count). The Morgan fingerprint density at radius 1 is 0.761 bits per heavy atom. The molecule has 0 saturated heterocycles. The zero-order valence-electron chi connectivity index (χ0n) is 27.8. The molecule has 0 aromatic heterocycles. The molecule has 5 amide bonds. The van der Waals surface area contributed by atoms with E-state index in [9.17, 15) is 24.0 Å². The summed E-state index contributed by atoms with van der Waals surface area (Å²) >= 11 is 0. The van der Waals surface area contributed by atoms with Crippen LogP contribution >= 0.6 is 0 Å². The molecule has 0 aliphatic heterocycles. The van der Waals surface area contributed by atoms with E-state index in [1.807, 2.05) is 96.1 Å². The van der Waals surface area contributed by atoms with Gasteiger partial charge in [-0.25, -0.2) is 0 Å². The minimum absolute atomic E-state index is 0.0158. The Balaban J connectivity index is 1.92. The fourth-order valence-corrected chi connectivity index (χ4v) is 8.79. The number of hydrogen-bond donors (Lipinski definition) is 5. The van der Waals surface area contributed by atoms with Crippen LogP contribution < -0.4 is 32.2 Å². The van der Waals surface area contributed by atoms with Crippen LogP contribution in [0.4, 0.5) is 4.11 Å². The maximum absolute atomic E-state index is 16.1. The third-order valence-electron chi connectivity index (χ3n) is 7.98. The van der Waals surface area contributed by atoms with Gasteiger partial charge in [0.15, 0.2) is 0 Å². The number of nitrogens with two attached hydrogens (primary N) is 1. The van der Waals surface area contributed by atoms with Crippen LogP contribution in [0, 0.1) is 5.92 Å². The van der Waals surface area contributed by atoms with Crippen molar-refractivity contribution in [2.45, 2.75) is 90.4 Å². The summed E-state index contributed by atoms with van der Waals surface area (Å²) in [6.45, 7) is 10.9. The first-order valence-electron chi connectivity index (χ1n) is 15.9. The second-order valence-corrected chi connectivity index (χ2v) is 17.0. The molecule has 0 unspecified atom stereocenters. The smallest absolute Gasteiger partial charge is 0.282 e. The van der Waals surface area contributed by atoms with Gasteiger partial charge in [0.25, 0.3) is 8.41 Å². The van der Waals surface area contributed by atoms with Gasteiger partial charge in [0.2, 0.25) is 29.5 Å². The largest absolute Gasteiger partial charge is 0.368 e. The molecular formula is C34H50FN5O5Si. The van der Waals surface area contributed by atoms with Crippen LogP contribution in [0.1, 0.15) is 65.5 Å². The number of hydrogen-bond acceptors (Lipinski definition) is 5. The van der Waals surface area contributed by atoms with Crippen molar-refractivity contribution in [3.8, 4) is 0 Å². The summed E-state index contributed by atoms with van der Waals surface area (Å²) in [7, 11) is -3.20. The second-order valence-electron chi connectivity index (χ2n) is 12.6. The van der Waals surface area contributed by atoms with Crippen molar-refractivity contribution in [2.75, 3.05) is 13.1 Å². The first kappa shape index (κ1) is 38.1. The van der Waals surface area contributed by atoms with Crippen LogP contribution in [0.2, 0.25) is 11.1 Å². The van der Waals surface area contributed by atoms with E-state index in [-0.39, 0.29) is 55.3 Å². The molecule has 2 atom stereocenters. The number of halogens is 1. The maximum Gasteiger partial charge on any atom is 0.282 e. The normalized spacial score (nSPS) is 12.8. The minimum Gasteiger partial charge on any atom is -0.368 e. The average molecular weight is 655 g/mol. The van der Waals surface area contributed by atoms with Gasteiger partial charge in [-0.05, 0) is 39.7 Å². The summed E-state index contributed by atoms with van der Waals surface area (Å²) in [6.07, 6.45) is 0.625. The molecule has 46 heavy (non-hydrogen) atoms. The van der Waals surface area contributed by atoms with Crippen LogP contribution in [-0.2, 0) is 36.8 Å². The molecule has 0 heterocycles. The molecule has 0 aliphatic rings. The number of aryl methyl sites for hydroxylation is 1. The van der Waals surface area contributed by atoms with Crippen molar-refractivity contribution in [1.29, 1.82) is 0 Å². The van der Waals surface area contributed by atoms with E-state index < -0.39 is 44.1 Å². The summed E-state index contributed by atoms with van der Waals surface area (Å²) in [5.74, 6) is -2.70. The average Bonchev–Trinajstić information content (AvgIpc) is 3.00. The van der Waals surface area contributed by atoms with Crippen molar-refractivity contribution in [2.24, 2.45) is 11.7 Å². The van der Waals surface area contributed by atoms with Crippen LogP contribution in [0.15, 0.2) is 54.6 Å². The predicted molar refractivity (Wildman–Crippen MR) is 180 cm³/mol. The third-order valence-corrected chi connectivity index (χ3v) is 12.5. The van der Waals surface area contributed by atoms with Crippen LogP contribution in [0.3, 0.4) is 0 Å². The number of primary amides is 1. The Morgan fingerprint density at radius 3 is 1.96 bits per heavy atom. The number of nitrogens with one attached hydrogen (secondary N) is 4. The monoisotopic (exact) mass is 654 g/mol. The highest BCUT2D eigenvalue weighted by molar-refractivity contribution is 6.88. The topological polar surface area (TPSA) is 159 Å². The molecule has 0 spiro atoms. The Kier molecular flexibility index (Phi) is 15.1. The molecule has 2 aromatic rings. The molecule has 0 radical (unpaired) electrons. The van der Waals surface area contributed by atoms with E-state index in [2.05, 4.69) is 21.3 Å². The van der Waals surface area contributed by atoms with Crippen molar-refractivity contribution in [3.05, 3.63) is 65.7 Å². The molecule has 252 valence electrons. The van der Waals surface area contributed by atoms with Crippen molar-refractivity contribution in [1.82, 2.24) is 21.3 Å². The lowest BCUT2D eigenvalue weighted by atomic mass is 10.0. The highest BCUT2D eigenvalue weighted by atomic mass is 28.4. The number of amides is 5. The zero-order chi connectivity index (χ0) is 34.4. The van der Waals surface area contributed by atoms with E-state index in [4.69, 9.17) is 5.73 Å². The van der Waals surface area contributed by atoms with Crippen LogP contribution in [0.25, 0.3) is 0 Å². The molecule has 10 nitrogen and oxygen atoms in total. The van der Waals surface area contributed by atoms with Gasteiger partial charge in [-0.1, -0.05) is 96.1 Å². The van der Waals surface area contributed by atoms with E-state index in [1.165, 1.54) is 0 Å². The van der Waals surface area contributed by atoms with Crippen molar-refractivity contribution >= 4 is 43.1 Å². The van der Waals surface area contributed by atoms with Gasteiger partial charge in [-0.2, -0.15) is 0 Å². The van der Waals surface area contributed by atoms with E-state index in [0.29, 0.717) is 6.42 Å². The van der Waals surface area contributed by atoms with Crippen molar-refractivity contribution < 1.29 is 28.1 Å². The van der Waals surface area contributed by atoms with Gasteiger partial charge >= 0.3 is 0 Å². The molecule has 0 bridgehead atoms. The molecule has 12 heteroatoms. The summed E-state index contributed by atoms with van der Waals surface area (Å²) < 4.78 is 16.1. The van der Waals surface area contributed by atoms with Gasteiger partial charge in [0.05, 0.1) is 6.54 Å². The molecule has 0 aliphatic carbocycles. The maximum atomic E-state index is 16.1. The predicted octanol–water partition coefficient (Wildman–Crippen LogP) is 2.54. The lowest BCUT2D eigenvalue weighted by molar-refractivity contribution is -0.131.